The Morgan fingerprint density at radius 3 is 2.50 bits per heavy atom. The van der Waals surface area contributed by atoms with Gasteiger partial charge in [-0.1, -0.05) is 48.5 Å². The summed E-state index contributed by atoms with van der Waals surface area (Å²) in [6.45, 7) is 4.12. The fourth-order valence-electron chi connectivity index (χ4n) is 5.62. The maximum absolute atomic E-state index is 13.6. The summed E-state index contributed by atoms with van der Waals surface area (Å²) in [5, 5.41) is 17.0. The summed E-state index contributed by atoms with van der Waals surface area (Å²) in [7, 11) is 0. The van der Waals surface area contributed by atoms with E-state index in [4.69, 9.17) is 4.42 Å². The first-order valence-corrected chi connectivity index (χ1v) is 15.1. The fraction of sp³-hybridized carbons (Fsp3) is 0.353. The highest BCUT2D eigenvalue weighted by Crippen LogP contribution is 2.33. The Morgan fingerprint density at radius 1 is 1.02 bits per heavy atom. The molecule has 0 unspecified atom stereocenters. The van der Waals surface area contributed by atoms with Crippen molar-refractivity contribution in [2.45, 2.75) is 64.0 Å². The molecule has 1 aliphatic rings. The molecule has 3 heterocycles. The van der Waals surface area contributed by atoms with Crippen molar-refractivity contribution in [1.82, 2.24) is 25.5 Å². The van der Waals surface area contributed by atoms with E-state index in [-0.39, 0.29) is 37.2 Å². The molecule has 2 aromatic heterocycles. The van der Waals surface area contributed by atoms with Gasteiger partial charge in [-0.15, -0.1) is 0 Å². The summed E-state index contributed by atoms with van der Waals surface area (Å²) in [6.07, 6.45) is -2.23. The number of aliphatic hydroxyl groups excluding tert-OH is 1. The summed E-state index contributed by atoms with van der Waals surface area (Å²) in [4.78, 5) is 37.7. The predicted molar refractivity (Wildman–Crippen MR) is 164 cm³/mol. The molecule has 0 spiro atoms. The molecule has 2 aromatic carbocycles. The lowest BCUT2D eigenvalue weighted by Gasteiger charge is -2.25. The van der Waals surface area contributed by atoms with Crippen LogP contribution in [0.5, 0.6) is 0 Å². The summed E-state index contributed by atoms with van der Waals surface area (Å²) >= 11 is 0. The lowest BCUT2D eigenvalue weighted by molar-refractivity contribution is -0.137. The first-order valence-electron chi connectivity index (χ1n) is 15.1. The van der Waals surface area contributed by atoms with Gasteiger partial charge in [0.15, 0.2) is 0 Å². The first kappa shape index (κ1) is 32.8. The number of hydrogen-bond donors (Lipinski definition) is 3. The number of benzene rings is 2. The molecule has 1 saturated heterocycles. The number of pyridine rings is 1. The Morgan fingerprint density at radius 2 is 1.78 bits per heavy atom. The number of rotatable bonds is 11. The molecule has 2 amide bonds. The molecule has 242 valence electrons. The Bertz CT molecular complexity index is 1660. The molecular formula is C34H36F3N5O4. The molecular weight excluding hydrogens is 599 g/mol. The molecule has 4 aromatic rings. The quantitative estimate of drug-likeness (QED) is 0.208. The number of aromatic nitrogens is 2. The standard InChI is InChI=1S/C34H36F3N5O4/c1-21-14-25(33(45)42-13-7-12-29(42)32-40-22(2)20-46-32)17-28(39-21)31(44)41-27(16-23-8-4-3-5-9-23)30(43)19-38-18-24-10-6-11-26(15-24)34(35,36)37/h3-6,8-11,14-15,17,20,27,29-30,38,43H,7,12-13,16,18-19H2,1-2H3,(H,41,44)/t27-,29+,30+/m0/s1. The third-order valence-corrected chi connectivity index (χ3v) is 7.88. The highest BCUT2D eigenvalue weighted by molar-refractivity contribution is 5.99. The summed E-state index contributed by atoms with van der Waals surface area (Å²) in [5.74, 6) is -0.360. The van der Waals surface area contributed by atoms with Gasteiger partial charge in [-0.3, -0.25) is 9.59 Å². The van der Waals surface area contributed by atoms with Crippen molar-refractivity contribution in [2.75, 3.05) is 13.1 Å². The van der Waals surface area contributed by atoms with Gasteiger partial charge < -0.3 is 25.1 Å². The third-order valence-electron chi connectivity index (χ3n) is 7.88. The van der Waals surface area contributed by atoms with E-state index in [9.17, 15) is 27.9 Å². The van der Waals surface area contributed by atoms with Crippen LogP contribution in [0, 0.1) is 13.8 Å². The van der Waals surface area contributed by atoms with E-state index in [1.54, 1.807) is 30.2 Å². The van der Waals surface area contributed by atoms with Crippen molar-refractivity contribution in [3.05, 3.63) is 118 Å². The van der Waals surface area contributed by atoms with Crippen molar-refractivity contribution in [3.8, 4) is 0 Å². The minimum Gasteiger partial charge on any atom is -0.446 e. The largest absolute Gasteiger partial charge is 0.446 e. The number of nitrogens with one attached hydrogen (secondary N) is 2. The van der Waals surface area contributed by atoms with Crippen molar-refractivity contribution < 1.29 is 32.3 Å². The van der Waals surface area contributed by atoms with E-state index in [1.807, 2.05) is 37.3 Å². The number of nitrogens with zero attached hydrogens (tertiary/aromatic N) is 3. The minimum absolute atomic E-state index is 0.00432. The summed E-state index contributed by atoms with van der Waals surface area (Å²) in [6, 6.07) is 16.2. The van der Waals surface area contributed by atoms with Crippen molar-refractivity contribution in [3.63, 3.8) is 0 Å². The molecule has 9 nitrogen and oxygen atoms in total. The molecule has 12 heteroatoms. The zero-order valence-corrected chi connectivity index (χ0v) is 25.6. The van der Waals surface area contributed by atoms with E-state index >= 15 is 0 Å². The third kappa shape index (κ3) is 8.18. The van der Waals surface area contributed by atoms with Crippen molar-refractivity contribution in [2.24, 2.45) is 0 Å². The molecule has 1 aliphatic heterocycles. The number of aliphatic hydroxyl groups is 1. The first-order chi connectivity index (χ1) is 22.0. The number of hydrogen-bond acceptors (Lipinski definition) is 7. The van der Waals surface area contributed by atoms with Crippen molar-refractivity contribution >= 4 is 11.8 Å². The van der Waals surface area contributed by atoms with Crippen LogP contribution in [0.1, 0.15) is 73.7 Å². The monoisotopic (exact) mass is 635 g/mol. The zero-order chi connectivity index (χ0) is 32.8. The molecule has 46 heavy (non-hydrogen) atoms. The van der Waals surface area contributed by atoms with Crippen LogP contribution in [0.15, 0.2) is 77.4 Å². The average molecular weight is 636 g/mol. The van der Waals surface area contributed by atoms with E-state index in [0.29, 0.717) is 35.7 Å². The Labute approximate surface area is 264 Å². The Hall–Kier alpha value is -4.55. The van der Waals surface area contributed by atoms with Gasteiger partial charge in [-0.05, 0) is 62.4 Å². The van der Waals surface area contributed by atoms with Crippen LogP contribution in [0.3, 0.4) is 0 Å². The van der Waals surface area contributed by atoms with Gasteiger partial charge in [0.25, 0.3) is 11.8 Å². The zero-order valence-electron chi connectivity index (χ0n) is 25.6. The molecule has 1 fully saturated rings. The second-order valence-electron chi connectivity index (χ2n) is 11.5. The normalized spacial score (nSPS) is 16.3. The van der Waals surface area contributed by atoms with Gasteiger partial charge in [0, 0.05) is 30.9 Å². The minimum atomic E-state index is -4.46. The van der Waals surface area contributed by atoms with E-state index in [0.717, 1.165) is 29.8 Å². The van der Waals surface area contributed by atoms with Crippen LogP contribution in [-0.4, -0.2) is 57.0 Å². The number of carbonyl (C=O) groups excluding carboxylic acids is 2. The van der Waals surface area contributed by atoms with Gasteiger partial charge in [0.1, 0.15) is 18.0 Å². The number of likely N-dealkylation sites (tertiary alicyclic amines) is 1. The van der Waals surface area contributed by atoms with Crippen molar-refractivity contribution in [1.29, 1.82) is 0 Å². The molecule has 0 saturated carbocycles. The number of carbonyl (C=O) groups is 2. The fourth-order valence-corrected chi connectivity index (χ4v) is 5.62. The highest BCUT2D eigenvalue weighted by Gasteiger charge is 2.34. The van der Waals surface area contributed by atoms with Gasteiger partial charge in [-0.25, -0.2) is 9.97 Å². The Balaban J connectivity index is 1.29. The van der Waals surface area contributed by atoms with Crippen LogP contribution in [0.4, 0.5) is 13.2 Å². The van der Waals surface area contributed by atoms with E-state index in [2.05, 4.69) is 20.6 Å². The van der Waals surface area contributed by atoms with Crippen LogP contribution < -0.4 is 10.6 Å². The number of alkyl halides is 3. The van der Waals surface area contributed by atoms with Crippen LogP contribution in [0.25, 0.3) is 0 Å². The molecule has 0 aliphatic carbocycles. The smallest absolute Gasteiger partial charge is 0.416 e. The van der Waals surface area contributed by atoms with Gasteiger partial charge in [0.05, 0.1) is 23.4 Å². The molecule has 0 bridgehead atoms. The lowest BCUT2D eigenvalue weighted by Crippen LogP contribution is -2.49. The molecule has 5 rings (SSSR count). The lowest BCUT2D eigenvalue weighted by atomic mass is 10.0. The molecule has 3 N–H and O–H groups in total. The predicted octanol–water partition coefficient (Wildman–Crippen LogP) is 5.17. The second-order valence-corrected chi connectivity index (χ2v) is 11.5. The number of halogens is 3. The van der Waals surface area contributed by atoms with Gasteiger partial charge in [0.2, 0.25) is 5.89 Å². The second kappa shape index (κ2) is 14.3. The van der Waals surface area contributed by atoms with Gasteiger partial charge >= 0.3 is 6.18 Å². The molecule has 0 radical (unpaired) electrons. The highest BCUT2D eigenvalue weighted by atomic mass is 19.4. The maximum atomic E-state index is 13.6. The number of oxazole rings is 1. The number of aryl methyl sites for hydroxylation is 2. The van der Waals surface area contributed by atoms with Crippen LogP contribution >= 0.6 is 0 Å². The SMILES string of the molecule is Cc1cc(C(=O)N2CCC[C@@H]2c2nc(C)co2)cc(C(=O)N[C@@H](Cc2ccccc2)[C@H](O)CNCc2cccc(C(F)(F)F)c2)n1. The summed E-state index contributed by atoms with van der Waals surface area (Å²) < 4.78 is 44.9. The van der Waals surface area contributed by atoms with Crippen LogP contribution in [0.2, 0.25) is 0 Å². The average Bonchev–Trinajstić information content (AvgIpc) is 3.69. The topological polar surface area (TPSA) is 121 Å². The van der Waals surface area contributed by atoms with Gasteiger partial charge in [-0.2, -0.15) is 13.2 Å². The summed E-state index contributed by atoms with van der Waals surface area (Å²) in [5.41, 5.74) is 2.04. The molecule has 3 atom stereocenters. The maximum Gasteiger partial charge on any atom is 0.416 e. The Kier molecular flexibility index (Phi) is 10.2. The van der Waals surface area contributed by atoms with E-state index in [1.165, 1.54) is 12.1 Å². The van der Waals surface area contributed by atoms with E-state index < -0.39 is 29.8 Å². The van der Waals surface area contributed by atoms with Crippen LogP contribution in [-0.2, 0) is 19.1 Å². The number of amides is 2.